The van der Waals surface area contributed by atoms with Gasteiger partial charge in [-0.1, -0.05) is 0 Å². The van der Waals surface area contributed by atoms with Crippen molar-refractivity contribution in [1.29, 1.82) is 0 Å². The lowest BCUT2D eigenvalue weighted by atomic mass is 9.78. The summed E-state index contributed by atoms with van der Waals surface area (Å²) in [6.07, 6.45) is 0. The van der Waals surface area contributed by atoms with Gasteiger partial charge in [0.15, 0.2) is 0 Å². The van der Waals surface area contributed by atoms with Crippen LogP contribution in [0.2, 0.25) is 0 Å². The molecular weight excluding hydrogens is 796 g/mol. The minimum absolute atomic E-state index is 0.0459. The molecule has 0 unspecified atom stereocenters. The van der Waals surface area contributed by atoms with Crippen molar-refractivity contribution in [2.24, 2.45) is 5.41 Å². The van der Waals surface area contributed by atoms with Crippen LogP contribution in [0, 0.1) is 5.41 Å². The largest absolute Gasteiger partial charge is 0.337 e. The fraction of sp³-hybridized carbons (Fsp3) is 0.805. The van der Waals surface area contributed by atoms with Crippen LogP contribution in [0.3, 0.4) is 0 Å². The maximum atomic E-state index is 14.4. The maximum absolute atomic E-state index is 14.4. The predicted molar refractivity (Wildman–Crippen MR) is 216 cm³/mol. The van der Waals surface area contributed by atoms with E-state index < -0.39 is 97.7 Å². The number of amides is 4. The molecule has 20 heteroatoms. The van der Waals surface area contributed by atoms with Crippen molar-refractivity contribution in [2.45, 2.75) is 183 Å². The molecule has 61 heavy (non-hydrogen) atoms. The van der Waals surface area contributed by atoms with Crippen LogP contribution in [-0.4, -0.2) is 158 Å². The molecule has 0 atom stereocenters. The topological polar surface area (TPSA) is 199 Å². The molecule has 4 heterocycles. The number of hydroxylamine groups is 8. The molecular formula is C41H68N8O12. The van der Waals surface area contributed by atoms with Crippen LogP contribution in [0.25, 0.3) is 0 Å². The summed E-state index contributed by atoms with van der Waals surface area (Å²) in [6.45, 7) is 32.0. The van der Waals surface area contributed by atoms with Crippen molar-refractivity contribution in [3.05, 3.63) is 0 Å². The Morgan fingerprint density at radius 3 is 0.639 bits per heavy atom. The van der Waals surface area contributed by atoms with Gasteiger partial charge >= 0.3 is 23.9 Å². The lowest BCUT2D eigenvalue weighted by Gasteiger charge is -2.55. The standard InChI is InChI=1S/C41H68N8O12/c1-25(50)58-46-29(54)33(5,6)42(37(46,13)14)21-41(22-43-34(7,8)30(55)47(38(43,15)16)59-26(2)51,23-44-35(9,10)31(56)48(39(44,17)18)60-27(3)52)24-45-36(11,12)32(57)49(40(45,19)20)61-28(4)53/h21-24H2,1-20H3. The lowest BCUT2D eigenvalue weighted by Crippen LogP contribution is -2.69. The molecule has 4 aliphatic heterocycles. The van der Waals surface area contributed by atoms with Gasteiger partial charge in [-0.05, 0) is 111 Å². The first-order valence-corrected chi connectivity index (χ1v) is 20.4. The third kappa shape index (κ3) is 7.75. The molecule has 344 valence electrons. The highest BCUT2D eigenvalue weighted by molar-refractivity contribution is 5.91. The van der Waals surface area contributed by atoms with Crippen molar-refractivity contribution in [3.63, 3.8) is 0 Å². The van der Waals surface area contributed by atoms with Crippen molar-refractivity contribution < 1.29 is 57.7 Å². The second-order valence-corrected chi connectivity index (χ2v) is 20.8. The third-order valence-electron chi connectivity index (χ3n) is 13.0. The summed E-state index contributed by atoms with van der Waals surface area (Å²) < 4.78 is 0. The summed E-state index contributed by atoms with van der Waals surface area (Å²) in [7, 11) is 0. The van der Waals surface area contributed by atoms with Crippen molar-refractivity contribution in [3.8, 4) is 0 Å². The molecule has 0 aliphatic carbocycles. The minimum Gasteiger partial charge on any atom is -0.337 e. The Labute approximate surface area is 359 Å². The third-order valence-corrected chi connectivity index (χ3v) is 13.0. The Bertz CT molecular complexity index is 1630. The summed E-state index contributed by atoms with van der Waals surface area (Å²) >= 11 is 0. The highest BCUT2D eigenvalue weighted by Crippen LogP contribution is 2.50. The quantitative estimate of drug-likeness (QED) is 0.277. The summed E-state index contributed by atoms with van der Waals surface area (Å²) in [5.74, 6) is -4.94. The molecule has 4 amide bonds. The fourth-order valence-electron chi connectivity index (χ4n) is 9.96. The molecule has 0 N–H and O–H groups in total. The summed E-state index contributed by atoms with van der Waals surface area (Å²) in [6, 6.07) is 0. The van der Waals surface area contributed by atoms with Crippen LogP contribution in [0.1, 0.15) is 138 Å². The monoisotopic (exact) mass is 864 g/mol. The zero-order chi connectivity index (χ0) is 47.4. The van der Waals surface area contributed by atoms with Gasteiger partial charge in [0.25, 0.3) is 23.6 Å². The molecule has 4 aliphatic rings. The predicted octanol–water partition coefficient (Wildman–Crippen LogP) is 2.52. The Morgan fingerprint density at radius 1 is 0.361 bits per heavy atom. The number of carbonyl (C=O) groups excluding carboxylic acids is 8. The van der Waals surface area contributed by atoms with E-state index in [0.29, 0.717) is 0 Å². The zero-order valence-electron chi connectivity index (χ0n) is 39.8. The number of nitrogens with zero attached hydrogens (tertiary/aromatic N) is 8. The van der Waals surface area contributed by atoms with E-state index in [-0.39, 0.29) is 26.2 Å². The first-order valence-electron chi connectivity index (χ1n) is 20.4. The number of hydrogen-bond donors (Lipinski definition) is 0. The minimum atomic E-state index is -1.36. The van der Waals surface area contributed by atoms with Gasteiger partial charge in [-0.25, -0.2) is 0 Å². The zero-order valence-corrected chi connectivity index (χ0v) is 39.8. The molecule has 0 spiro atoms. The summed E-state index contributed by atoms with van der Waals surface area (Å²) in [5.41, 5.74) is -12.0. The SMILES string of the molecule is CC(=O)ON1C(=O)C(C)(C)N(CC(CN2C(C)(C)C(=O)N(OC(C)=O)C2(C)C)(CN2C(C)(C)C(=O)N(OC(C)=O)C2(C)C)CN2C(C)(C)C(=O)N(OC(C)=O)C2(C)C)C1(C)C. The van der Waals surface area contributed by atoms with Crippen LogP contribution in [-0.2, 0) is 57.7 Å². The van der Waals surface area contributed by atoms with Gasteiger partial charge in [0, 0.05) is 59.3 Å². The highest BCUT2D eigenvalue weighted by atomic mass is 16.7. The first kappa shape index (κ1) is 49.3. The molecule has 0 radical (unpaired) electrons. The molecule has 4 fully saturated rings. The maximum Gasteiger partial charge on any atom is 0.329 e. The summed E-state index contributed by atoms with van der Waals surface area (Å²) in [4.78, 5) is 137. The van der Waals surface area contributed by atoms with Gasteiger partial charge < -0.3 is 19.4 Å². The van der Waals surface area contributed by atoms with E-state index in [1.165, 1.54) is 27.7 Å². The smallest absolute Gasteiger partial charge is 0.329 e. The van der Waals surface area contributed by atoms with E-state index in [2.05, 4.69) is 0 Å². The Hall–Kier alpha value is -4.40. The van der Waals surface area contributed by atoms with Crippen LogP contribution < -0.4 is 0 Å². The van der Waals surface area contributed by atoms with Crippen LogP contribution in [0.15, 0.2) is 0 Å². The molecule has 4 rings (SSSR count). The van der Waals surface area contributed by atoms with Crippen molar-refractivity contribution in [2.75, 3.05) is 26.2 Å². The Morgan fingerprint density at radius 2 is 0.508 bits per heavy atom. The van der Waals surface area contributed by atoms with Gasteiger partial charge in [0.1, 0.15) is 22.7 Å². The summed E-state index contributed by atoms with van der Waals surface area (Å²) in [5, 5.41) is 4.17. The number of rotatable bonds is 12. The lowest BCUT2D eigenvalue weighted by molar-refractivity contribution is -0.230. The number of carbonyl (C=O) groups is 8. The highest BCUT2D eigenvalue weighted by Gasteiger charge is 2.68. The van der Waals surface area contributed by atoms with Crippen LogP contribution in [0.5, 0.6) is 0 Å². The van der Waals surface area contributed by atoms with Crippen LogP contribution in [0.4, 0.5) is 0 Å². The van der Waals surface area contributed by atoms with Gasteiger partial charge in [0.2, 0.25) is 0 Å². The van der Waals surface area contributed by atoms with E-state index in [1.807, 2.05) is 19.6 Å². The average Bonchev–Trinajstić information content (AvgIpc) is 3.41. The van der Waals surface area contributed by atoms with Gasteiger partial charge in [-0.2, -0.15) is 0 Å². The molecule has 0 saturated carbocycles. The van der Waals surface area contributed by atoms with E-state index in [9.17, 15) is 38.4 Å². The second-order valence-electron chi connectivity index (χ2n) is 20.8. The van der Waals surface area contributed by atoms with Gasteiger partial charge in [-0.3, -0.25) is 58.0 Å². The van der Waals surface area contributed by atoms with E-state index in [1.54, 1.807) is 111 Å². The van der Waals surface area contributed by atoms with Gasteiger partial charge in [0.05, 0.1) is 22.2 Å². The molecule has 0 aromatic heterocycles. The van der Waals surface area contributed by atoms with Gasteiger partial charge in [-0.15, -0.1) is 20.3 Å². The van der Waals surface area contributed by atoms with Crippen molar-refractivity contribution in [1.82, 2.24) is 39.9 Å². The number of hydrogen-bond acceptors (Lipinski definition) is 16. The normalized spacial score (nSPS) is 25.4. The van der Waals surface area contributed by atoms with E-state index in [4.69, 9.17) is 19.4 Å². The van der Waals surface area contributed by atoms with E-state index in [0.717, 1.165) is 20.3 Å². The Balaban J connectivity index is 2.15. The van der Waals surface area contributed by atoms with Crippen LogP contribution >= 0.6 is 0 Å². The Kier molecular flexibility index (Phi) is 12.0. The van der Waals surface area contributed by atoms with Crippen molar-refractivity contribution >= 4 is 47.5 Å². The molecule has 4 saturated heterocycles. The molecule has 0 bridgehead atoms. The van der Waals surface area contributed by atoms with E-state index >= 15 is 0 Å². The molecule has 0 aromatic carbocycles. The first-order chi connectivity index (χ1) is 27.2. The molecule has 20 nitrogen and oxygen atoms in total. The fourth-order valence-corrected chi connectivity index (χ4v) is 9.96. The molecule has 0 aromatic rings. The average molecular weight is 865 g/mol. The second kappa shape index (κ2) is 14.9.